The van der Waals surface area contributed by atoms with Gasteiger partial charge in [-0.25, -0.2) is 4.99 Å². The summed E-state index contributed by atoms with van der Waals surface area (Å²) >= 11 is 0. The Morgan fingerprint density at radius 3 is 2.19 bits per heavy atom. The summed E-state index contributed by atoms with van der Waals surface area (Å²) in [5.41, 5.74) is 6.75. The van der Waals surface area contributed by atoms with Gasteiger partial charge in [-0.3, -0.25) is 0 Å². The third kappa shape index (κ3) is 3.61. The van der Waals surface area contributed by atoms with Crippen LogP contribution in [-0.2, 0) is 0 Å². The zero-order chi connectivity index (χ0) is 27.6. The fraction of sp³-hybridized carbons (Fsp3) is 0.0541. The minimum absolute atomic E-state index is 0.204. The lowest BCUT2D eigenvalue weighted by Gasteiger charge is -2.40. The number of nitrogens with two attached hydrogens (primary N) is 1. The summed E-state index contributed by atoms with van der Waals surface area (Å²) in [6.07, 6.45) is -0.535. The van der Waals surface area contributed by atoms with Crippen LogP contribution < -0.4 is 5.32 Å². The molecule has 1 aliphatic heterocycles. The molecule has 2 aromatic heterocycles. The van der Waals surface area contributed by atoms with Crippen molar-refractivity contribution in [3.63, 3.8) is 0 Å². The maximum absolute atomic E-state index is 6.28. The van der Waals surface area contributed by atoms with Crippen LogP contribution in [0.5, 0.6) is 0 Å². The van der Waals surface area contributed by atoms with Crippen molar-refractivity contribution in [2.24, 2.45) is 4.99 Å². The lowest BCUT2D eigenvalue weighted by molar-refractivity contribution is -0.581. The number of nitrogens with zero attached hydrogens (tertiary/aromatic N) is 2. The van der Waals surface area contributed by atoms with Gasteiger partial charge in [0, 0.05) is 33.3 Å². The molecule has 1 aliphatic rings. The number of fused-ring (bicyclic) bond motifs is 8. The molecule has 5 nitrogen and oxygen atoms in total. The van der Waals surface area contributed by atoms with Crippen LogP contribution in [0.15, 0.2) is 141 Å². The van der Waals surface area contributed by atoms with Gasteiger partial charge >= 0.3 is 0 Å². The van der Waals surface area contributed by atoms with Gasteiger partial charge in [0.1, 0.15) is 22.3 Å². The number of quaternary nitrogens is 1. The Bertz CT molecular complexity index is 2330. The number of hydrogen-bond donors (Lipinski definition) is 1. The van der Waals surface area contributed by atoms with E-state index in [0.29, 0.717) is 0 Å². The van der Waals surface area contributed by atoms with Crippen LogP contribution in [0.3, 0.4) is 0 Å². The van der Waals surface area contributed by atoms with Crippen molar-refractivity contribution in [1.82, 2.24) is 0 Å². The normalized spacial score (nSPS) is 17.5. The molecule has 0 radical (unpaired) electrons. The van der Waals surface area contributed by atoms with Crippen LogP contribution in [0.25, 0.3) is 60.0 Å². The Balaban J connectivity index is 1.23. The van der Waals surface area contributed by atoms with Crippen LogP contribution in [0.1, 0.15) is 29.0 Å². The first-order valence-corrected chi connectivity index (χ1v) is 14.2. The van der Waals surface area contributed by atoms with Crippen LogP contribution in [0.2, 0.25) is 0 Å². The molecule has 6 aromatic carbocycles. The smallest absolute Gasteiger partial charge is 0.224 e. The fourth-order valence-electron chi connectivity index (χ4n) is 6.43. The lowest BCUT2D eigenvalue weighted by atomic mass is 10.0. The molecule has 0 saturated carbocycles. The van der Waals surface area contributed by atoms with Gasteiger partial charge in [-0.05, 0) is 58.9 Å². The Hall–Kier alpha value is -5.23. The molecule has 3 heterocycles. The zero-order valence-electron chi connectivity index (χ0n) is 22.6. The highest BCUT2D eigenvalue weighted by Crippen LogP contribution is 2.40. The molecule has 2 unspecified atom stereocenters. The van der Waals surface area contributed by atoms with E-state index < -0.39 is 0 Å². The second-order valence-corrected chi connectivity index (χ2v) is 10.9. The monoisotopic (exact) mass is 543 g/mol. The van der Waals surface area contributed by atoms with Crippen molar-refractivity contribution in [2.45, 2.75) is 12.3 Å². The second kappa shape index (κ2) is 9.14. The molecule has 0 bridgehead atoms. The predicted molar refractivity (Wildman–Crippen MR) is 169 cm³/mol. The van der Waals surface area contributed by atoms with Crippen LogP contribution in [-0.4, -0.2) is 5.84 Å². The highest BCUT2D eigenvalue weighted by Gasteiger charge is 2.25. The van der Waals surface area contributed by atoms with Crippen molar-refractivity contribution < 1.29 is 14.2 Å². The molecule has 9 rings (SSSR count). The van der Waals surface area contributed by atoms with Gasteiger partial charge in [-0.1, -0.05) is 91.0 Å². The minimum atomic E-state index is -0.331. The van der Waals surface area contributed by atoms with E-state index in [-0.39, 0.29) is 12.3 Å². The third-order valence-corrected chi connectivity index (χ3v) is 8.39. The van der Waals surface area contributed by atoms with Gasteiger partial charge in [-0.2, -0.15) is 0 Å². The first kappa shape index (κ1) is 23.5. The standard InChI is InChI=1S/C37H24N3O2/c1-2-10-23(11-3-1)35-38-36(40-37(39-35)27-14-8-16-31-34(27)26-13-6-7-15-29(26)41-31)24-18-19-30-28(21-24)33-25-12-5-4-9-22(25)17-20-32(33)42-30/h1-21,35,37H,(H,38,40)/q-1/p+1. The highest BCUT2D eigenvalue weighted by molar-refractivity contribution is 6.19. The largest absolute Gasteiger partial charge is 0.579 e. The minimum Gasteiger partial charge on any atom is -0.579 e. The van der Waals surface area contributed by atoms with E-state index in [0.717, 1.165) is 66.4 Å². The van der Waals surface area contributed by atoms with Crippen LogP contribution in [0, 0.1) is 0 Å². The molecule has 2 N–H and O–H groups in total. The number of furan rings is 2. The van der Waals surface area contributed by atoms with Crippen LogP contribution >= 0.6 is 0 Å². The molecule has 8 aromatic rings. The number of aliphatic imine (C=N–C) groups is 1. The van der Waals surface area contributed by atoms with Gasteiger partial charge in [0.2, 0.25) is 5.84 Å². The maximum Gasteiger partial charge on any atom is 0.224 e. The van der Waals surface area contributed by atoms with E-state index in [9.17, 15) is 0 Å². The number of hydrogen-bond acceptors (Lipinski definition) is 3. The Morgan fingerprint density at radius 1 is 0.571 bits per heavy atom. The third-order valence-electron chi connectivity index (χ3n) is 8.39. The number of para-hydroxylation sites is 1. The SMILES string of the molecule is c1ccc(C2N=C(c3ccc4oc5ccc6ccccc6c5c4c3)[NH2+]C(c3cccc4oc5ccccc5c34)[N-]2)cc1. The molecule has 5 heteroatoms. The number of rotatable bonds is 3. The molecular formula is C37H25N3O2. The molecule has 200 valence electrons. The lowest BCUT2D eigenvalue weighted by Crippen LogP contribution is -2.90. The molecule has 0 amide bonds. The molecule has 0 saturated heterocycles. The molecule has 42 heavy (non-hydrogen) atoms. The van der Waals surface area contributed by atoms with E-state index in [1.165, 1.54) is 10.8 Å². The van der Waals surface area contributed by atoms with E-state index in [2.05, 4.69) is 96.3 Å². The molecule has 0 aliphatic carbocycles. The quantitative estimate of drug-likeness (QED) is 0.242. The van der Waals surface area contributed by atoms with Crippen molar-refractivity contribution in [2.75, 3.05) is 0 Å². The molecule has 0 spiro atoms. The van der Waals surface area contributed by atoms with E-state index in [1.807, 2.05) is 36.4 Å². The Labute approximate surface area is 241 Å². The summed E-state index contributed by atoms with van der Waals surface area (Å²) in [6, 6.07) is 43.9. The summed E-state index contributed by atoms with van der Waals surface area (Å²) in [5.74, 6) is 0.921. The Kier molecular flexibility index (Phi) is 5.11. The number of benzene rings is 6. The predicted octanol–water partition coefficient (Wildman–Crippen LogP) is 8.73. The fourth-order valence-corrected chi connectivity index (χ4v) is 6.43. The van der Waals surface area contributed by atoms with E-state index in [1.54, 1.807) is 0 Å². The average Bonchev–Trinajstić information content (AvgIpc) is 3.63. The number of amidine groups is 1. The van der Waals surface area contributed by atoms with Gasteiger partial charge in [0.15, 0.2) is 0 Å². The second-order valence-electron chi connectivity index (χ2n) is 10.9. The Morgan fingerprint density at radius 2 is 1.29 bits per heavy atom. The summed E-state index contributed by atoms with van der Waals surface area (Å²) in [4.78, 5) is 5.20. The average molecular weight is 544 g/mol. The first-order chi connectivity index (χ1) is 20.8. The van der Waals surface area contributed by atoms with E-state index in [4.69, 9.17) is 19.1 Å². The molecular weight excluding hydrogens is 518 g/mol. The topological polar surface area (TPSA) is 69.3 Å². The summed E-state index contributed by atoms with van der Waals surface area (Å²) < 4.78 is 12.5. The van der Waals surface area contributed by atoms with Gasteiger partial charge in [0.25, 0.3) is 0 Å². The first-order valence-electron chi connectivity index (χ1n) is 14.2. The summed E-state index contributed by atoms with van der Waals surface area (Å²) in [7, 11) is 0. The van der Waals surface area contributed by atoms with Crippen molar-refractivity contribution in [3.05, 3.63) is 149 Å². The van der Waals surface area contributed by atoms with Crippen molar-refractivity contribution in [1.29, 1.82) is 0 Å². The maximum atomic E-state index is 6.28. The van der Waals surface area contributed by atoms with E-state index >= 15 is 0 Å². The van der Waals surface area contributed by atoms with Gasteiger partial charge in [0.05, 0.1) is 5.56 Å². The summed E-state index contributed by atoms with van der Waals surface area (Å²) in [5, 5.41) is 14.3. The summed E-state index contributed by atoms with van der Waals surface area (Å²) in [6.45, 7) is 0. The van der Waals surface area contributed by atoms with Gasteiger partial charge < -0.3 is 19.5 Å². The zero-order valence-corrected chi connectivity index (χ0v) is 22.6. The van der Waals surface area contributed by atoms with Crippen molar-refractivity contribution in [3.8, 4) is 0 Å². The van der Waals surface area contributed by atoms with Gasteiger partial charge in [-0.15, -0.1) is 0 Å². The highest BCUT2D eigenvalue weighted by atomic mass is 16.3. The molecule has 0 fully saturated rings. The molecule has 2 atom stereocenters. The van der Waals surface area contributed by atoms with Crippen molar-refractivity contribution >= 4 is 60.5 Å². The van der Waals surface area contributed by atoms with Crippen LogP contribution in [0.4, 0.5) is 0 Å².